The highest BCUT2D eigenvalue weighted by Gasteiger charge is 2.21. The molecule has 1 aliphatic rings. The summed E-state index contributed by atoms with van der Waals surface area (Å²) in [6, 6.07) is 6.73. The van der Waals surface area contributed by atoms with Gasteiger partial charge in [-0.2, -0.15) is 0 Å². The standard InChI is InChI=1S/C13H16ClN/c1-2-3-8-15-13-7-4-10-9-11(14)5-6-12(10)13/h2,5-6,9,13,15H,1,3-4,7-8H2. The lowest BCUT2D eigenvalue weighted by Crippen LogP contribution is -2.19. The van der Waals surface area contributed by atoms with E-state index in [0.717, 1.165) is 24.4 Å². The predicted molar refractivity (Wildman–Crippen MR) is 65.3 cm³/mol. The Morgan fingerprint density at radius 3 is 3.20 bits per heavy atom. The van der Waals surface area contributed by atoms with Crippen molar-refractivity contribution in [1.82, 2.24) is 5.32 Å². The van der Waals surface area contributed by atoms with Gasteiger partial charge in [0.15, 0.2) is 0 Å². The molecule has 1 aromatic rings. The maximum absolute atomic E-state index is 5.96. The van der Waals surface area contributed by atoms with Crippen LogP contribution in [0.1, 0.15) is 30.0 Å². The molecule has 80 valence electrons. The van der Waals surface area contributed by atoms with Crippen LogP contribution in [0.4, 0.5) is 0 Å². The zero-order valence-corrected chi connectivity index (χ0v) is 9.56. The molecule has 1 aliphatic carbocycles. The summed E-state index contributed by atoms with van der Waals surface area (Å²) in [5, 5.41) is 4.39. The molecular formula is C13H16ClN. The van der Waals surface area contributed by atoms with E-state index in [2.05, 4.69) is 24.0 Å². The summed E-state index contributed by atoms with van der Waals surface area (Å²) in [6.45, 7) is 4.73. The van der Waals surface area contributed by atoms with E-state index in [1.807, 2.05) is 12.1 Å². The Balaban J connectivity index is 2.04. The number of rotatable bonds is 4. The minimum atomic E-state index is 0.511. The first-order chi connectivity index (χ1) is 7.31. The van der Waals surface area contributed by atoms with Gasteiger partial charge in [0, 0.05) is 11.1 Å². The fraction of sp³-hybridized carbons (Fsp3) is 0.385. The van der Waals surface area contributed by atoms with Crippen LogP contribution in [-0.2, 0) is 6.42 Å². The third-order valence-corrected chi connectivity index (χ3v) is 3.16. The third kappa shape index (κ3) is 2.42. The molecule has 0 amide bonds. The molecule has 0 bridgehead atoms. The maximum Gasteiger partial charge on any atom is 0.0408 e. The van der Waals surface area contributed by atoms with Crippen molar-refractivity contribution in [3.05, 3.63) is 47.0 Å². The average Bonchev–Trinajstić information content (AvgIpc) is 2.61. The van der Waals surface area contributed by atoms with E-state index in [-0.39, 0.29) is 0 Å². The van der Waals surface area contributed by atoms with Crippen molar-refractivity contribution < 1.29 is 0 Å². The number of hydrogen-bond acceptors (Lipinski definition) is 1. The highest BCUT2D eigenvalue weighted by molar-refractivity contribution is 6.30. The van der Waals surface area contributed by atoms with Crippen LogP contribution in [0.25, 0.3) is 0 Å². The fourth-order valence-corrected chi connectivity index (χ4v) is 2.35. The summed E-state index contributed by atoms with van der Waals surface area (Å²) in [5.41, 5.74) is 2.82. The number of benzene rings is 1. The molecule has 0 aliphatic heterocycles. The van der Waals surface area contributed by atoms with Gasteiger partial charge >= 0.3 is 0 Å². The number of aryl methyl sites for hydroxylation is 1. The highest BCUT2D eigenvalue weighted by Crippen LogP contribution is 2.32. The van der Waals surface area contributed by atoms with E-state index in [1.54, 1.807) is 0 Å². The van der Waals surface area contributed by atoms with Gasteiger partial charge in [0.1, 0.15) is 0 Å². The van der Waals surface area contributed by atoms with Crippen molar-refractivity contribution >= 4 is 11.6 Å². The molecular weight excluding hydrogens is 206 g/mol. The quantitative estimate of drug-likeness (QED) is 0.606. The van der Waals surface area contributed by atoms with Crippen LogP contribution in [-0.4, -0.2) is 6.54 Å². The van der Waals surface area contributed by atoms with Crippen LogP contribution < -0.4 is 5.32 Å². The lowest BCUT2D eigenvalue weighted by atomic mass is 10.1. The second kappa shape index (κ2) is 4.82. The number of fused-ring (bicyclic) bond motifs is 1. The topological polar surface area (TPSA) is 12.0 Å². The molecule has 1 aromatic carbocycles. The Kier molecular flexibility index (Phi) is 3.45. The van der Waals surface area contributed by atoms with Gasteiger partial charge in [0.25, 0.3) is 0 Å². The van der Waals surface area contributed by atoms with Crippen LogP contribution >= 0.6 is 11.6 Å². The van der Waals surface area contributed by atoms with Gasteiger partial charge in [0.05, 0.1) is 0 Å². The van der Waals surface area contributed by atoms with Gasteiger partial charge < -0.3 is 5.32 Å². The molecule has 0 aromatic heterocycles. The molecule has 15 heavy (non-hydrogen) atoms. The van der Waals surface area contributed by atoms with Gasteiger partial charge in [-0.3, -0.25) is 0 Å². The number of hydrogen-bond donors (Lipinski definition) is 1. The van der Waals surface area contributed by atoms with E-state index >= 15 is 0 Å². The highest BCUT2D eigenvalue weighted by atomic mass is 35.5. The van der Waals surface area contributed by atoms with Gasteiger partial charge in [-0.15, -0.1) is 6.58 Å². The van der Waals surface area contributed by atoms with E-state index in [1.165, 1.54) is 17.5 Å². The van der Waals surface area contributed by atoms with Crippen molar-refractivity contribution in [2.24, 2.45) is 0 Å². The summed E-state index contributed by atoms with van der Waals surface area (Å²) >= 11 is 5.96. The molecule has 1 N–H and O–H groups in total. The van der Waals surface area contributed by atoms with Crippen LogP contribution in [0.3, 0.4) is 0 Å². The SMILES string of the molecule is C=CCCNC1CCc2cc(Cl)ccc21. The lowest BCUT2D eigenvalue weighted by molar-refractivity contribution is 0.537. The summed E-state index contributed by atoms with van der Waals surface area (Å²) < 4.78 is 0. The molecule has 1 atom stereocenters. The van der Waals surface area contributed by atoms with Gasteiger partial charge in [-0.05, 0) is 49.1 Å². The first-order valence-electron chi connectivity index (χ1n) is 5.44. The third-order valence-electron chi connectivity index (χ3n) is 2.92. The molecule has 0 fully saturated rings. The summed E-state index contributed by atoms with van der Waals surface area (Å²) in [4.78, 5) is 0. The zero-order valence-electron chi connectivity index (χ0n) is 8.80. The molecule has 0 heterocycles. The van der Waals surface area contributed by atoms with Gasteiger partial charge in [-0.25, -0.2) is 0 Å². The summed E-state index contributed by atoms with van der Waals surface area (Å²) in [6.07, 6.45) is 5.30. The van der Waals surface area contributed by atoms with Crippen molar-refractivity contribution in [1.29, 1.82) is 0 Å². The Labute approximate surface area is 96.1 Å². The van der Waals surface area contributed by atoms with Crippen LogP contribution in [0.15, 0.2) is 30.9 Å². The Morgan fingerprint density at radius 2 is 2.40 bits per heavy atom. The maximum atomic E-state index is 5.96. The van der Waals surface area contributed by atoms with Crippen molar-refractivity contribution in [2.45, 2.75) is 25.3 Å². The summed E-state index contributed by atoms with van der Waals surface area (Å²) in [5.74, 6) is 0. The number of halogens is 1. The van der Waals surface area contributed by atoms with Crippen LogP contribution in [0.2, 0.25) is 5.02 Å². The van der Waals surface area contributed by atoms with E-state index < -0.39 is 0 Å². The molecule has 2 rings (SSSR count). The molecule has 0 saturated carbocycles. The molecule has 2 heteroatoms. The minimum Gasteiger partial charge on any atom is -0.310 e. The number of nitrogens with one attached hydrogen (secondary N) is 1. The monoisotopic (exact) mass is 221 g/mol. The molecule has 0 spiro atoms. The molecule has 0 radical (unpaired) electrons. The van der Waals surface area contributed by atoms with Crippen molar-refractivity contribution in [3.63, 3.8) is 0 Å². The zero-order chi connectivity index (χ0) is 10.7. The van der Waals surface area contributed by atoms with Gasteiger partial charge in [0.2, 0.25) is 0 Å². The molecule has 1 unspecified atom stereocenters. The minimum absolute atomic E-state index is 0.511. The Bertz CT molecular complexity index is 360. The first-order valence-corrected chi connectivity index (χ1v) is 5.81. The second-order valence-corrected chi connectivity index (χ2v) is 4.40. The average molecular weight is 222 g/mol. The fourth-order valence-electron chi connectivity index (χ4n) is 2.16. The normalized spacial score (nSPS) is 18.9. The largest absolute Gasteiger partial charge is 0.310 e. The first kappa shape index (κ1) is 10.7. The second-order valence-electron chi connectivity index (χ2n) is 3.97. The molecule has 0 saturated heterocycles. The molecule has 1 nitrogen and oxygen atoms in total. The van der Waals surface area contributed by atoms with Gasteiger partial charge in [-0.1, -0.05) is 23.7 Å². The van der Waals surface area contributed by atoms with Crippen LogP contribution in [0.5, 0.6) is 0 Å². The van der Waals surface area contributed by atoms with E-state index in [4.69, 9.17) is 11.6 Å². The van der Waals surface area contributed by atoms with Crippen molar-refractivity contribution in [3.8, 4) is 0 Å². The Hall–Kier alpha value is -0.790. The van der Waals surface area contributed by atoms with E-state index in [0.29, 0.717) is 6.04 Å². The lowest BCUT2D eigenvalue weighted by Gasteiger charge is -2.13. The predicted octanol–water partition coefficient (Wildman–Crippen LogP) is 3.49. The van der Waals surface area contributed by atoms with Crippen LogP contribution in [0, 0.1) is 0 Å². The smallest absolute Gasteiger partial charge is 0.0408 e. The van der Waals surface area contributed by atoms with Crippen molar-refractivity contribution in [2.75, 3.05) is 6.54 Å². The Morgan fingerprint density at radius 1 is 1.53 bits per heavy atom. The van der Waals surface area contributed by atoms with E-state index in [9.17, 15) is 0 Å². The summed E-state index contributed by atoms with van der Waals surface area (Å²) in [7, 11) is 0.